The number of carbonyl (C=O) groups is 1. The van der Waals surface area contributed by atoms with E-state index in [0.717, 1.165) is 71.2 Å². The number of likely N-dealkylation sites (N-methyl/N-ethyl adjacent to an activating group) is 1. The van der Waals surface area contributed by atoms with Crippen molar-refractivity contribution in [1.29, 1.82) is 0 Å². The summed E-state index contributed by atoms with van der Waals surface area (Å²) in [5.41, 5.74) is 1.33. The highest BCUT2D eigenvalue weighted by molar-refractivity contribution is 5.82. The number of hydrogen-bond donors (Lipinski definition) is 1. The Morgan fingerprint density at radius 3 is 2.29 bits per heavy atom. The quantitative estimate of drug-likeness (QED) is 0.529. The zero-order chi connectivity index (χ0) is 22.2. The number of likely N-dealkylation sites (tertiary alicyclic amines) is 1. The van der Waals surface area contributed by atoms with Crippen LogP contribution in [0.2, 0.25) is 0 Å². The second-order valence-electron chi connectivity index (χ2n) is 8.91. The molecule has 0 spiro atoms. The van der Waals surface area contributed by atoms with Crippen LogP contribution in [0.1, 0.15) is 32.3 Å². The number of rotatable bonds is 7. The van der Waals surface area contributed by atoms with Gasteiger partial charge in [-0.2, -0.15) is 0 Å². The lowest BCUT2D eigenvalue weighted by molar-refractivity contribution is -0.135. The van der Waals surface area contributed by atoms with Gasteiger partial charge in [0.15, 0.2) is 5.96 Å². The van der Waals surface area contributed by atoms with E-state index in [9.17, 15) is 4.79 Å². The SMILES string of the molecule is CN=C(NCC(C)N(C)Cc1ccccc1)N1CCN(C(C)C(=O)N2CCCC2)CC1. The molecule has 2 aliphatic rings. The van der Waals surface area contributed by atoms with Crippen LogP contribution in [0.25, 0.3) is 0 Å². The maximum atomic E-state index is 12.7. The lowest BCUT2D eigenvalue weighted by atomic mass is 10.2. The summed E-state index contributed by atoms with van der Waals surface area (Å²) >= 11 is 0. The Balaban J connectivity index is 1.43. The van der Waals surface area contributed by atoms with Gasteiger partial charge in [-0.3, -0.25) is 19.6 Å². The van der Waals surface area contributed by atoms with Gasteiger partial charge in [0.2, 0.25) is 5.91 Å². The van der Waals surface area contributed by atoms with E-state index < -0.39 is 0 Å². The second kappa shape index (κ2) is 11.5. The van der Waals surface area contributed by atoms with Gasteiger partial charge in [0.25, 0.3) is 0 Å². The predicted octanol–water partition coefficient (Wildman–Crippen LogP) is 1.71. The molecule has 7 nitrogen and oxygen atoms in total. The molecule has 3 rings (SSSR count). The monoisotopic (exact) mass is 428 g/mol. The number of aliphatic imine (C=N–C) groups is 1. The first-order valence-electron chi connectivity index (χ1n) is 11.7. The summed E-state index contributed by atoms with van der Waals surface area (Å²) in [6.07, 6.45) is 2.29. The van der Waals surface area contributed by atoms with Gasteiger partial charge in [-0.05, 0) is 39.3 Å². The molecule has 1 aromatic rings. The number of guanidine groups is 1. The van der Waals surface area contributed by atoms with Crippen molar-refractivity contribution in [1.82, 2.24) is 24.9 Å². The average molecular weight is 429 g/mol. The zero-order valence-electron chi connectivity index (χ0n) is 19.8. The molecule has 7 heteroatoms. The number of benzene rings is 1. The van der Waals surface area contributed by atoms with Crippen molar-refractivity contribution < 1.29 is 4.79 Å². The van der Waals surface area contributed by atoms with Gasteiger partial charge in [0.05, 0.1) is 6.04 Å². The van der Waals surface area contributed by atoms with Gasteiger partial charge in [0, 0.05) is 65.4 Å². The van der Waals surface area contributed by atoms with Crippen LogP contribution in [0.5, 0.6) is 0 Å². The van der Waals surface area contributed by atoms with E-state index in [1.807, 2.05) is 11.9 Å². The highest BCUT2D eigenvalue weighted by atomic mass is 16.2. The molecule has 2 saturated heterocycles. The van der Waals surface area contributed by atoms with E-state index in [2.05, 4.69) is 76.2 Å². The maximum absolute atomic E-state index is 12.7. The maximum Gasteiger partial charge on any atom is 0.239 e. The Morgan fingerprint density at radius 1 is 1.03 bits per heavy atom. The van der Waals surface area contributed by atoms with E-state index in [1.54, 1.807) is 0 Å². The molecule has 1 aromatic carbocycles. The lowest BCUT2D eigenvalue weighted by Crippen LogP contribution is -2.57. The van der Waals surface area contributed by atoms with Crippen molar-refractivity contribution in [3.05, 3.63) is 35.9 Å². The average Bonchev–Trinajstić information content (AvgIpc) is 3.34. The zero-order valence-corrected chi connectivity index (χ0v) is 19.8. The predicted molar refractivity (Wildman–Crippen MR) is 127 cm³/mol. The van der Waals surface area contributed by atoms with Gasteiger partial charge < -0.3 is 15.1 Å². The molecule has 0 bridgehead atoms. The molecule has 2 aliphatic heterocycles. The largest absolute Gasteiger partial charge is 0.355 e. The van der Waals surface area contributed by atoms with Gasteiger partial charge >= 0.3 is 0 Å². The topological polar surface area (TPSA) is 54.4 Å². The number of hydrogen-bond acceptors (Lipinski definition) is 4. The number of nitrogens with one attached hydrogen (secondary N) is 1. The minimum Gasteiger partial charge on any atom is -0.355 e. The standard InChI is InChI=1S/C24H40N6O/c1-20(27(4)19-22-10-6-5-7-11-22)18-26-24(25-3)30-16-14-28(15-17-30)21(2)23(31)29-12-8-9-13-29/h5-7,10-11,20-21H,8-9,12-19H2,1-4H3,(H,25,26). The van der Waals surface area contributed by atoms with E-state index in [-0.39, 0.29) is 6.04 Å². The van der Waals surface area contributed by atoms with Gasteiger partial charge in [-0.1, -0.05) is 30.3 Å². The summed E-state index contributed by atoms with van der Waals surface area (Å²) in [4.78, 5) is 26.3. The fourth-order valence-electron chi connectivity index (χ4n) is 4.43. The summed E-state index contributed by atoms with van der Waals surface area (Å²) in [5, 5.41) is 3.56. The first-order chi connectivity index (χ1) is 15.0. The lowest BCUT2D eigenvalue weighted by Gasteiger charge is -2.40. The number of nitrogens with zero attached hydrogens (tertiary/aromatic N) is 5. The van der Waals surface area contributed by atoms with Crippen LogP contribution in [-0.4, -0.2) is 103 Å². The minimum atomic E-state index is -0.0260. The molecule has 0 radical (unpaired) electrons. The van der Waals surface area contributed by atoms with Gasteiger partial charge in [0.1, 0.15) is 0 Å². The summed E-state index contributed by atoms with van der Waals surface area (Å²) in [7, 11) is 4.02. The molecular formula is C24H40N6O. The second-order valence-corrected chi connectivity index (χ2v) is 8.91. The highest BCUT2D eigenvalue weighted by Crippen LogP contribution is 2.14. The van der Waals surface area contributed by atoms with E-state index in [0.29, 0.717) is 11.9 Å². The van der Waals surface area contributed by atoms with E-state index in [1.165, 1.54) is 5.56 Å². The van der Waals surface area contributed by atoms with Crippen molar-refractivity contribution in [3.63, 3.8) is 0 Å². The normalized spacial score (nSPS) is 20.2. The van der Waals surface area contributed by atoms with Crippen LogP contribution in [0, 0.1) is 0 Å². The molecule has 2 unspecified atom stereocenters. The van der Waals surface area contributed by atoms with Crippen LogP contribution in [0.3, 0.4) is 0 Å². The molecule has 2 heterocycles. The third-order valence-electron chi connectivity index (χ3n) is 6.73. The van der Waals surface area contributed by atoms with Crippen molar-refractivity contribution >= 4 is 11.9 Å². The number of carbonyl (C=O) groups excluding carboxylic acids is 1. The summed E-state index contributed by atoms with van der Waals surface area (Å²) in [6.45, 7) is 11.5. The van der Waals surface area contributed by atoms with Crippen LogP contribution >= 0.6 is 0 Å². The van der Waals surface area contributed by atoms with Crippen LogP contribution in [0.15, 0.2) is 35.3 Å². The fraction of sp³-hybridized carbons (Fsp3) is 0.667. The summed E-state index contributed by atoms with van der Waals surface area (Å²) in [6, 6.07) is 10.9. The first-order valence-corrected chi connectivity index (χ1v) is 11.7. The van der Waals surface area contributed by atoms with Crippen LogP contribution in [-0.2, 0) is 11.3 Å². The highest BCUT2D eigenvalue weighted by Gasteiger charge is 2.30. The third-order valence-corrected chi connectivity index (χ3v) is 6.73. The molecule has 0 aliphatic carbocycles. The molecule has 172 valence electrons. The molecule has 2 fully saturated rings. The molecule has 0 saturated carbocycles. The minimum absolute atomic E-state index is 0.0260. The summed E-state index contributed by atoms with van der Waals surface area (Å²) in [5.74, 6) is 1.25. The Morgan fingerprint density at radius 2 is 1.68 bits per heavy atom. The van der Waals surface area contributed by atoms with E-state index in [4.69, 9.17) is 0 Å². The summed E-state index contributed by atoms with van der Waals surface area (Å²) < 4.78 is 0. The van der Waals surface area contributed by atoms with Crippen molar-refractivity contribution in [2.75, 3.05) is 59.9 Å². The first kappa shape index (κ1) is 23.5. The fourth-order valence-corrected chi connectivity index (χ4v) is 4.43. The Bertz CT molecular complexity index is 710. The van der Waals surface area contributed by atoms with E-state index >= 15 is 0 Å². The van der Waals surface area contributed by atoms with Crippen molar-refractivity contribution in [2.24, 2.45) is 4.99 Å². The molecular weight excluding hydrogens is 388 g/mol. The van der Waals surface area contributed by atoms with Crippen molar-refractivity contribution in [2.45, 2.75) is 45.3 Å². The Kier molecular flexibility index (Phi) is 8.72. The van der Waals surface area contributed by atoms with Gasteiger partial charge in [-0.15, -0.1) is 0 Å². The Labute approximate surface area is 188 Å². The number of amides is 1. The molecule has 0 aromatic heterocycles. The number of piperazine rings is 1. The Hall–Kier alpha value is -2.12. The van der Waals surface area contributed by atoms with Crippen molar-refractivity contribution in [3.8, 4) is 0 Å². The third kappa shape index (κ3) is 6.43. The van der Waals surface area contributed by atoms with Crippen LogP contribution < -0.4 is 5.32 Å². The van der Waals surface area contributed by atoms with Gasteiger partial charge in [-0.25, -0.2) is 0 Å². The molecule has 1 amide bonds. The van der Waals surface area contributed by atoms with Crippen LogP contribution in [0.4, 0.5) is 0 Å². The molecule has 1 N–H and O–H groups in total. The smallest absolute Gasteiger partial charge is 0.239 e. The molecule has 31 heavy (non-hydrogen) atoms. The molecule has 2 atom stereocenters.